The average Bonchev–Trinajstić information content (AvgIpc) is 3.17. The summed E-state index contributed by atoms with van der Waals surface area (Å²) < 4.78 is 6.24. The van der Waals surface area contributed by atoms with E-state index in [1.54, 1.807) is 0 Å². The Morgan fingerprint density at radius 2 is 1.82 bits per heavy atom. The number of allylic oxidation sites excluding steroid dienone is 2. The third-order valence-corrected chi connectivity index (χ3v) is 9.25. The van der Waals surface area contributed by atoms with Gasteiger partial charge in [0.05, 0.1) is 6.10 Å². The fourth-order valence-electron chi connectivity index (χ4n) is 7.11. The van der Waals surface area contributed by atoms with Crippen LogP contribution in [0, 0.1) is 17.3 Å². The van der Waals surface area contributed by atoms with Gasteiger partial charge in [-0.2, -0.15) is 0 Å². The maximum Gasteiger partial charge on any atom is 0.119 e. The Bertz CT molecular complexity index is 1010. The topological polar surface area (TPSA) is 32.7 Å². The van der Waals surface area contributed by atoms with E-state index in [1.165, 1.54) is 28.7 Å². The van der Waals surface area contributed by atoms with E-state index >= 15 is 0 Å². The molecular weight excluding hydrogens is 418 g/mol. The van der Waals surface area contributed by atoms with Crippen LogP contribution in [-0.4, -0.2) is 42.4 Å². The van der Waals surface area contributed by atoms with Crippen LogP contribution in [0.2, 0.25) is 0 Å². The molecule has 2 fully saturated rings. The number of likely N-dealkylation sites (N-methyl/N-ethyl adjacent to an activating group) is 1. The lowest BCUT2D eigenvalue weighted by atomic mass is 9.56. The highest BCUT2D eigenvalue weighted by Gasteiger charge is 2.54. The van der Waals surface area contributed by atoms with E-state index in [-0.39, 0.29) is 11.5 Å². The minimum Gasteiger partial charge on any atom is -0.492 e. The van der Waals surface area contributed by atoms with Gasteiger partial charge in [0.15, 0.2) is 0 Å². The second-order valence-corrected chi connectivity index (χ2v) is 10.9. The molecule has 5 rings (SSSR count). The maximum atomic E-state index is 10.8. The average molecular weight is 460 g/mol. The molecule has 1 N–H and O–H groups in total. The summed E-state index contributed by atoms with van der Waals surface area (Å²) in [5.41, 5.74) is 5.74. The minimum absolute atomic E-state index is 0.0699. The lowest BCUT2D eigenvalue weighted by Crippen LogP contribution is -2.42. The molecule has 3 nitrogen and oxygen atoms in total. The molecule has 0 aliphatic heterocycles. The van der Waals surface area contributed by atoms with Gasteiger partial charge in [0.25, 0.3) is 0 Å². The van der Waals surface area contributed by atoms with Gasteiger partial charge in [-0.3, -0.25) is 0 Å². The van der Waals surface area contributed by atoms with Crippen LogP contribution in [0.15, 0.2) is 54.6 Å². The predicted molar refractivity (Wildman–Crippen MR) is 140 cm³/mol. The summed E-state index contributed by atoms with van der Waals surface area (Å²) in [5.74, 6) is 2.64. The second kappa shape index (κ2) is 9.87. The molecule has 0 radical (unpaired) electrons. The Labute approximate surface area is 205 Å². The summed E-state index contributed by atoms with van der Waals surface area (Å²) in [6, 6.07) is 17.7. The predicted octanol–water partition coefficient (Wildman–Crippen LogP) is 6.32. The summed E-state index contributed by atoms with van der Waals surface area (Å²) in [6.07, 6.45) is 7.80. The van der Waals surface area contributed by atoms with Gasteiger partial charge in [0.2, 0.25) is 0 Å². The van der Waals surface area contributed by atoms with Crippen molar-refractivity contribution in [2.45, 2.75) is 64.9 Å². The molecule has 3 aliphatic rings. The number of ether oxygens (including phenoxy) is 1. The minimum atomic E-state index is -0.146. The van der Waals surface area contributed by atoms with E-state index in [0.29, 0.717) is 17.8 Å². The highest BCUT2D eigenvalue weighted by atomic mass is 16.5. The first kappa shape index (κ1) is 23.6. The van der Waals surface area contributed by atoms with Crippen LogP contribution in [0.1, 0.15) is 69.1 Å². The summed E-state index contributed by atoms with van der Waals surface area (Å²) >= 11 is 0. The molecule has 0 bridgehead atoms. The Balaban J connectivity index is 1.46. The highest BCUT2D eigenvalue weighted by molar-refractivity contribution is 5.74. The summed E-state index contributed by atoms with van der Waals surface area (Å²) in [7, 11) is 0. The van der Waals surface area contributed by atoms with Crippen LogP contribution in [0.5, 0.6) is 5.75 Å². The smallest absolute Gasteiger partial charge is 0.119 e. The quantitative estimate of drug-likeness (QED) is 0.501. The molecule has 0 aromatic heterocycles. The van der Waals surface area contributed by atoms with E-state index in [4.69, 9.17) is 4.74 Å². The normalized spacial score (nSPS) is 29.9. The zero-order valence-electron chi connectivity index (χ0n) is 21.2. The monoisotopic (exact) mass is 459 g/mol. The summed E-state index contributed by atoms with van der Waals surface area (Å²) in [5, 5.41) is 10.8. The van der Waals surface area contributed by atoms with Gasteiger partial charge in [-0.1, -0.05) is 63.2 Å². The van der Waals surface area contributed by atoms with Gasteiger partial charge < -0.3 is 14.7 Å². The van der Waals surface area contributed by atoms with Crippen molar-refractivity contribution in [2.24, 2.45) is 17.3 Å². The van der Waals surface area contributed by atoms with Crippen LogP contribution in [-0.2, 0) is 6.42 Å². The highest BCUT2D eigenvalue weighted by Crippen LogP contribution is 2.61. The van der Waals surface area contributed by atoms with Crippen molar-refractivity contribution >= 4 is 5.57 Å². The van der Waals surface area contributed by atoms with Crippen molar-refractivity contribution in [3.8, 4) is 5.75 Å². The zero-order chi connectivity index (χ0) is 23.7. The second-order valence-electron chi connectivity index (χ2n) is 10.9. The molecule has 0 amide bonds. The number of nitrogens with zero attached hydrogens (tertiary/aromatic N) is 1. The maximum absolute atomic E-state index is 10.8. The van der Waals surface area contributed by atoms with Gasteiger partial charge in [0.1, 0.15) is 12.4 Å². The molecule has 3 aliphatic carbocycles. The number of aliphatic hydroxyl groups is 1. The molecule has 3 heteroatoms. The first-order chi connectivity index (χ1) is 16.5. The Hall–Kier alpha value is -2.10. The van der Waals surface area contributed by atoms with E-state index in [1.807, 2.05) is 0 Å². The summed E-state index contributed by atoms with van der Waals surface area (Å²) in [6.45, 7) is 10.6. The Kier molecular flexibility index (Phi) is 6.86. The van der Waals surface area contributed by atoms with Crippen LogP contribution < -0.4 is 4.74 Å². The molecule has 2 saturated carbocycles. The molecule has 2 aromatic carbocycles. The molecule has 2 aromatic rings. The Morgan fingerprint density at radius 3 is 2.59 bits per heavy atom. The molecule has 34 heavy (non-hydrogen) atoms. The van der Waals surface area contributed by atoms with Gasteiger partial charge in [-0.25, -0.2) is 0 Å². The first-order valence-corrected chi connectivity index (χ1v) is 13.5. The van der Waals surface area contributed by atoms with Crippen molar-refractivity contribution in [3.63, 3.8) is 0 Å². The first-order valence-electron chi connectivity index (χ1n) is 13.5. The van der Waals surface area contributed by atoms with E-state index in [2.05, 4.69) is 80.3 Å². The number of hydrogen-bond donors (Lipinski definition) is 1. The molecule has 0 spiro atoms. The van der Waals surface area contributed by atoms with Crippen molar-refractivity contribution < 1.29 is 9.84 Å². The fraction of sp³-hybridized carbons (Fsp3) is 0.548. The van der Waals surface area contributed by atoms with Crippen molar-refractivity contribution in [2.75, 3.05) is 26.2 Å². The Morgan fingerprint density at radius 1 is 1.03 bits per heavy atom. The lowest BCUT2D eigenvalue weighted by Gasteiger charge is -2.49. The number of hydrogen-bond acceptors (Lipinski definition) is 3. The molecule has 0 heterocycles. The van der Waals surface area contributed by atoms with E-state index in [9.17, 15) is 5.11 Å². The number of aliphatic hydroxyl groups excluding tert-OH is 1. The van der Waals surface area contributed by atoms with Gasteiger partial charge in [-0.05, 0) is 103 Å². The SMILES string of the molecule is CCN(CC)CCOc1ccc2c(c1)C(Cc1ccccc1)=C[C@@H]1[C@@H]2CC[C@]2(C)[C@@H](O)CC[C@@H]12. The van der Waals surface area contributed by atoms with Gasteiger partial charge in [0, 0.05) is 6.54 Å². The molecule has 0 saturated heterocycles. The number of benzene rings is 2. The van der Waals surface area contributed by atoms with Crippen LogP contribution in [0.25, 0.3) is 5.57 Å². The third kappa shape index (κ3) is 4.33. The van der Waals surface area contributed by atoms with Crippen LogP contribution >= 0.6 is 0 Å². The van der Waals surface area contributed by atoms with E-state index in [0.717, 1.165) is 57.7 Å². The molecular formula is C31H41NO2. The largest absolute Gasteiger partial charge is 0.492 e. The van der Waals surface area contributed by atoms with Crippen molar-refractivity contribution in [3.05, 3.63) is 71.3 Å². The lowest BCUT2D eigenvalue weighted by molar-refractivity contribution is -0.00811. The van der Waals surface area contributed by atoms with E-state index < -0.39 is 0 Å². The standard InChI is InChI=1S/C31H41NO2/c1-4-32(5-2)17-18-34-24-11-12-25-26-15-16-31(3)29(13-14-30(31)33)28(26)20-23(27(25)21-24)19-22-9-7-6-8-10-22/h6-12,20-21,26,28-30,33H,4-5,13-19H2,1-3H3/t26-,28-,29+,30+,31+/m1/s1. The third-order valence-electron chi connectivity index (χ3n) is 9.25. The fourth-order valence-corrected chi connectivity index (χ4v) is 7.11. The van der Waals surface area contributed by atoms with Crippen LogP contribution in [0.3, 0.4) is 0 Å². The number of rotatable bonds is 8. The molecule has 182 valence electrons. The van der Waals surface area contributed by atoms with Crippen molar-refractivity contribution in [1.82, 2.24) is 4.90 Å². The van der Waals surface area contributed by atoms with Gasteiger partial charge in [-0.15, -0.1) is 0 Å². The van der Waals surface area contributed by atoms with Crippen LogP contribution in [0.4, 0.5) is 0 Å². The molecule has 5 atom stereocenters. The van der Waals surface area contributed by atoms with Crippen molar-refractivity contribution in [1.29, 1.82) is 0 Å². The summed E-state index contributed by atoms with van der Waals surface area (Å²) in [4.78, 5) is 2.40. The zero-order valence-corrected chi connectivity index (χ0v) is 21.2. The van der Waals surface area contributed by atoms with Gasteiger partial charge >= 0.3 is 0 Å². The number of fused-ring (bicyclic) bond motifs is 5. The molecule has 0 unspecified atom stereocenters.